The van der Waals surface area contributed by atoms with E-state index in [4.69, 9.17) is 11.6 Å². The molecule has 3 rings (SSSR count). The smallest absolute Gasteiger partial charge is 0.270 e. The fraction of sp³-hybridized carbons (Fsp3) is 0.421. The van der Waals surface area contributed by atoms with Crippen molar-refractivity contribution in [1.82, 2.24) is 15.3 Å². The summed E-state index contributed by atoms with van der Waals surface area (Å²) in [6, 6.07) is 9.27. The number of carbonyl (C=O) groups excluding carboxylic acids is 1. The summed E-state index contributed by atoms with van der Waals surface area (Å²) in [6.45, 7) is 1.79. The lowest BCUT2D eigenvalue weighted by Crippen LogP contribution is -2.35. The van der Waals surface area contributed by atoms with Crippen molar-refractivity contribution in [2.24, 2.45) is 0 Å². The molecule has 1 aromatic heterocycles. The van der Waals surface area contributed by atoms with Gasteiger partial charge < -0.3 is 10.6 Å². The Hall–Kier alpha value is -2.14. The monoisotopic (exact) mass is 358 g/mol. The summed E-state index contributed by atoms with van der Waals surface area (Å²) in [5, 5.41) is 6.99. The minimum atomic E-state index is -0.128. The van der Waals surface area contributed by atoms with Gasteiger partial charge in [0, 0.05) is 22.8 Å². The Kier molecular flexibility index (Phi) is 5.87. The fourth-order valence-corrected chi connectivity index (χ4v) is 3.24. The van der Waals surface area contributed by atoms with Gasteiger partial charge in [0.25, 0.3) is 5.91 Å². The fourth-order valence-electron chi connectivity index (χ4n) is 3.11. The van der Waals surface area contributed by atoms with Crippen molar-refractivity contribution in [3.05, 3.63) is 46.9 Å². The number of rotatable bonds is 4. The second kappa shape index (κ2) is 8.30. The number of halogens is 1. The highest BCUT2D eigenvalue weighted by atomic mass is 35.5. The molecule has 2 aromatic rings. The van der Waals surface area contributed by atoms with Gasteiger partial charge in [-0.3, -0.25) is 4.79 Å². The average molecular weight is 359 g/mol. The van der Waals surface area contributed by atoms with Crippen molar-refractivity contribution in [3.63, 3.8) is 0 Å². The van der Waals surface area contributed by atoms with E-state index in [1.807, 2.05) is 12.1 Å². The zero-order valence-corrected chi connectivity index (χ0v) is 15.1. The SMILES string of the molecule is Cc1nc(Nc2ccc(Cl)cc2)cc(C(=O)NC2CCCCCC2)n1. The Balaban J connectivity index is 1.71. The van der Waals surface area contributed by atoms with Crippen LogP contribution in [-0.4, -0.2) is 21.9 Å². The molecule has 2 N–H and O–H groups in total. The molecule has 1 fully saturated rings. The molecule has 0 aliphatic heterocycles. The molecule has 0 saturated heterocycles. The average Bonchev–Trinajstić information content (AvgIpc) is 2.85. The van der Waals surface area contributed by atoms with Crippen LogP contribution in [0.25, 0.3) is 0 Å². The molecule has 0 radical (unpaired) electrons. The largest absolute Gasteiger partial charge is 0.348 e. The molecule has 1 heterocycles. The van der Waals surface area contributed by atoms with E-state index in [2.05, 4.69) is 20.6 Å². The van der Waals surface area contributed by atoms with Crippen molar-refractivity contribution in [3.8, 4) is 0 Å². The van der Waals surface area contributed by atoms with Crippen LogP contribution in [0.5, 0.6) is 0 Å². The van der Waals surface area contributed by atoms with Crippen LogP contribution < -0.4 is 10.6 Å². The number of aryl methyl sites for hydroxylation is 1. The minimum Gasteiger partial charge on any atom is -0.348 e. The lowest BCUT2D eigenvalue weighted by atomic mass is 10.1. The minimum absolute atomic E-state index is 0.128. The highest BCUT2D eigenvalue weighted by Gasteiger charge is 2.17. The van der Waals surface area contributed by atoms with Gasteiger partial charge in [-0.1, -0.05) is 37.3 Å². The molecule has 1 aliphatic carbocycles. The van der Waals surface area contributed by atoms with Crippen LogP contribution in [0, 0.1) is 6.92 Å². The first kappa shape index (κ1) is 17.7. The molecule has 5 nitrogen and oxygen atoms in total. The summed E-state index contributed by atoms with van der Waals surface area (Å²) in [7, 11) is 0. The van der Waals surface area contributed by atoms with Gasteiger partial charge in [0.2, 0.25) is 0 Å². The summed E-state index contributed by atoms with van der Waals surface area (Å²) in [4.78, 5) is 21.2. The number of nitrogens with one attached hydrogen (secondary N) is 2. The normalized spacial score (nSPS) is 15.4. The summed E-state index contributed by atoms with van der Waals surface area (Å²) in [5.74, 6) is 1.03. The van der Waals surface area contributed by atoms with Crippen molar-refractivity contribution in [1.29, 1.82) is 0 Å². The maximum atomic E-state index is 12.6. The van der Waals surface area contributed by atoms with Crippen LogP contribution in [-0.2, 0) is 0 Å². The molecule has 132 valence electrons. The van der Waals surface area contributed by atoms with E-state index in [-0.39, 0.29) is 11.9 Å². The van der Waals surface area contributed by atoms with Crippen LogP contribution >= 0.6 is 11.6 Å². The summed E-state index contributed by atoms with van der Waals surface area (Å²) < 4.78 is 0. The summed E-state index contributed by atoms with van der Waals surface area (Å²) in [6.07, 6.45) is 6.97. The van der Waals surface area contributed by atoms with E-state index in [1.54, 1.807) is 25.1 Å². The van der Waals surface area contributed by atoms with E-state index < -0.39 is 0 Å². The van der Waals surface area contributed by atoms with Crippen LogP contribution in [0.1, 0.15) is 54.8 Å². The van der Waals surface area contributed by atoms with Crippen LogP contribution in [0.3, 0.4) is 0 Å². The van der Waals surface area contributed by atoms with Gasteiger partial charge in [0.1, 0.15) is 17.3 Å². The molecule has 1 amide bonds. The maximum absolute atomic E-state index is 12.6. The Labute approximate surface area is 153 Å². The summed E-state index contributed by atoms with van der Waals surface area (Å²) in [5.41, 5.74) is 1.26. The number of hydrogen-bond acceptors (Lipinski definition) is 4. The molecular weight excluding hydrogens is 336 g/mol. The molecule has 1 saturated carbocycles. The zero-order valence-electron chi connectivity index (χ0n) is 14.4. The first-order chi connectivity index (χ1) is 12.1. The van der Waals surface area contributed by atoms with E-state index in [0.29, 0.717) is 22.4 Å². The number of hydrogen-bond donors (Lipinski definition) is 2. The van der Waals surface area contributed by atoms with E-state index in [1.165, 1.54) is 25.7 Å². The van der Waals surface area contributed by atoms with Gasteiger partial charge >= 0.3 is 0 Å². The third-order valence-corrected chi connectivity index (χ3v) is 4.63. The van der Waals surface area contributed by atoms with Crippen molar-refractivity contribution < 1.29 is 4.79 Å². The van der Waals surface area contributed by atoms with Gasteiger partial charge in [-0.15, -0.1) is 0 Å². The molecule has 0 spiro atoms. The topological polar surface area (TPSA) is 66.9 Å². The molecular formula is C19H23ClN4O. The number of anilines is 2. The Morgan fingerprint density at radius 1 is 1.08 bits per heavy atom. The summed E-state index contributed by atoms with van der Waals surface area (Å²) >= 11 is 5.90. The van der Waals surface area contributed by atoms with Gasteiger partial charge in [-0.25, -0.2) is 9.97 Å². The predicted octanol–water partition coefficient (Wildman–Crippen LogP) is 4.63. The van der Waals surface area contributed by atoms with Crippen LogP contribution in [0.15, 0.2) is 30.3 Å². The molecule has 25 heavy (non-hydrogen) atoms. The number of nitrogens with zero attached hydrogens (tertiary/aromatic N) is 2. The van der Waals surface area contributed by atoms with Crippen molar-refractivity contribution in [2.75, 3.05) is 5.32 Å². The lowest BCUT2D eigenvalue weighted by molar-refractivity contribution is 0.0928. The standard InChI is InChI=1S/C19H23ClN4O/c1-13-21-17(19(25)24-15-6-4-2-3-5-7-15)12-18(22-13)23-16-10-8-14(20)9-11-16/h8-12,15H,2-7H2,1H3,(H,24,25)(H,21,22,23). The first-order valence-electron chi connectivity index (χ1n) is 8.79. The third kappa shape index (κ3) is 5.16. The van der Waals surface area contributed by atoms with Gasteiger partial charge in [0.15, 0.2) is 0 Å². The second-order valence-corrected chi connectivity index (χ2v) is 6.92. The second-order valence-electron chi connectivity index (χ2n) is 6.48. The highest BCUT2D eigenvalue weighted by Crippen LogP contribution is 2.20. The number of aromatic nitrogens is 2. The third-order valence-electron chi connectivity index (χ3n) is 4.38. The maximum Gasteiger partial charge on any atom is 0.270 e. The molecule has 1 aromatic carbocycles. The van der Waals surface area contributed by atoms with E-state index in [0.717, 1.165) is 18.5 Å². The molecule has 1 aliphatic rings. The van der Waals surface area contributed by atoms with Gasteiger partial charge in [-0.2, -0.15) is 0 Å². The lowest BCUT2D eigenvalue weighted by Gasteiger charge is -2.16. The van der Waals surface area contributed by atoms with E-state index >= 15 is 0 Å². The highest BCUT2D eigenvalue weighted by molar-refractivity contribution is 6.30. The van der Waals surface area contributed by atoms with Crippen LogP contribution in [0.2, 0.25) is 5.02 Å². The van der Waals surface area contributed by atoms with Gasteiger partial charge in [0.05, 0.1) is 0 Å². The molecule has 0 unspecified atom stereocenters. The molecule has 0 atom stereocenters. The predicted molar refractivity (Wildman–Crippen MR) is 100 cm³/mol. The Morgan fingerprint density at radius 3 is 2.44 bits per heavy atom. The zero-order chi connectivity index (χ0) is 17.6. The number of amides is 1. The van der Waals surface area contributed by atoms with Crippen molar-refractivity contribution >= 4 is 29.0 Å². The first-order valence-corrected chi connectivity index (χ1v) is 9.17. The number of benzene rings is 1. The quantitative estimate of drug-likeness (QED) is 0.781. The Morgan fingerprint density at radius 2 is 1.76 bits per heavy atom. The number of carbonyl (C=O) groups is 1. The van der Waals surface area contributed by atoms with Gasteiger partial charge in [-0.05, 0) is 44.0 Å². The van der Waals surface area contributed by atoms with Crippen molar-refractivity contribution in [2.45, 2.75) is 51.5 Å². The van der Waals surface area contributed by atoms with E-state index in [9.17, 15) is 4.79 Å². The molecule has 6 heteroatoms. The Bertz CT molecular complexity index is 725. The molecule has 0 bridgehead atoms. The van der Waals surface area contributed by atoms with Crippen LogP contribution in [0.4, 0.5) is 11.5 Å².